The highest BCUT2D eigenvalue weighted by Crippen LogP contribution is 2.38. The second kappa shape index (κ2) is 33.6. The second-order valence-corrected chi connectivity index (χ2v) is 16.4. The van der Waals surface area contributed by atoms with Crippen LogP contribution in [-0.4, -0.2) is 70.0 Å². The van der Waals surface area contributed by atoms with E-state index in [1.54, 1.807) is 0 Å². The number of phosphoric ester groups is 1. The molecule has 0 N–H and O–H groups in total. The minimum absolute atomic E-state index is 0.0286. The summed E-state index contributed by atoms with van der Waals surface area (Å²) >= 11 is 0. The lowest BCUT2D eigenvalue weighted by Gasteiger charge is -2.28. The van der Waals surface area contributed by atoms with Gasteiger partial charge in [-0.2, -0.15) is 0 Å². The molecule has 0 radical (unpaired) electrons. The maximum absolute atomic E-state index is 12.6. The number of quaternary nitrogens is 1. The van der Waals surface area contributed by atoms with Gasteiger partial charge in [0.05, 0.1) is 27.7 Å². The van der Waals surface area contributed by atoms with Gasteiger partial charge in [-0.1, -0.05) is 142 Å². The number of allylic oxidation sites excluding steroid dienone is 2. The van der Waals surface area contributed by atoms with Crippen molar-refractivity contribution in [2.45, 2.75) is 187 Å². The molecule has 0 saturated heterocycles. The van der Waals surface area contributed by atoms with Crippen LogP contribution in [0.5, 0.6) is 0 Å². The molecule has 0 aromatic rings. The van der Waals surface area contributed by atoms with Crippen LogP contribution in [0.3, 0.4) is 0 Å². The van der Waals surface area contributed by atoms with Gasteiger partial charge in [0.25, 0.3) is 7.82 Å². The molecule has 0 aliphatic carbocycles. The zero-order valence-electron chi connectivity index (χ0n) is 33.1. The average molecular weight is 732 g/mol. The summed E-state index contributed by atoms with van der Waals surface area (Å²) in [6.07, 6.45) is 32.6. The van der Waals surface area contributed by atoms with Crippen molar-refractivity contribution in [2.24, 2.45) is 0 Å². The zero-order valence-corrected chi connectivity index (χ0v) is 34.0. The molecule has 0 amide bonds. The van der Waals surface area contributed by atoms with E-state index >= 15 is 0 Å². The summed E-state index contributed by atoms with van der Waals surface area (Å²) < 4.78 is 33.7. The topological polar surface area (TPSA) is 111 Å². The third-order valence-electron chi connectivity index (χ3n) is 8.79. The Morgan fingerprint density at radius 3 is 1.48 bits per heavy atom. The standard InChI is InChI=1S/C40H78NO8P/c1-6-8-10-12-14-15-16-17-18-19-20-21-22-23-24-25-27-29-31-33-40(43)49-38(37-48-50(44,45)47-35-34-41(3,4)5)36-46-39(42)32-30-28-26-13-11-9-7-2/h17-18,38H,6-16,19-37H2,1-5H3/b18-17+/t38-/m1/s1. The summed E-state index contributed by atoms with van der Waals surface area (Å²) in [6, 6.07) is 0. The molecule has 1 unspecified atom stereocenters. The van der Waals surface area contributed by atoms with E-state index in [4.69, 9.17) is 18.5 Å². The monoisotopic (exact) mass is 732 g/mol. The number of hydrogen-bond donors (Lipinski definition) is 0. The first-order chi connectivity index (χ1) is 24.0. The Kier molecular flexibility index (Phi) is 32.7. The minimum atomic E-state index is -4.61. The third kappa shape index (κ3) is 36.5. The molecule has 2 atom stereocenters. The lowest BCUT2D eigenvalue weighted by Crippen LogP contribution is -2.37. The number of likely N-dealkylation sites (N-methyl/N-ethyl adjacent to an activating group) is 1. The normalized spacial score (nSPS) is 13.8. The number of carbonyl (C=O) groups is 2. The first kappa shape index (κ1) is 48.8. The quantitative estimate of drug-likeness (QED) is 0.0204. The number of ether oxygens (including phenoxy) is 2. The van der Waals surface area contributed by atoms with Gasteiger partial charge >= 0.3 is 11.9 Å². The number of phosphoric acid groups is 1. The molecule has 9 nitrogen and oxygen atoms in total. The van der Waals surface area contributed by atoms with Crippen LogP contribution >= 0.6 is 7.82 Å². The number of rotatable bonds is 37. The van der Waals surface area contributed by atoms with E-state index in [1.807, 2.05) is 21.1 Å². The number of hydrogen-bond acceptors (Lipinski definition) is 8. The maximum atomic E-state index is 12.6. The Bertz CT molecular complexity index is 876. The van der Waals surface area contributed by atoms with E-state index in [2.05, 4.69) is 26.0 Å². The molecule has 0 rings (SSSR count). The molecule has 0 aliphatic heterocycles. The molecule has 10 heteroatoms. The fraction of sp³-hybridized carbons (Fsp3) is 0.900. The molecule has 296 valence electrons. The van der Waals surface area contributed by atoms with Gasteiger partial charge < -0.3 is 27.9 Å². The molecule has 0 fully saturated rings. The smallest absolute Gasteiger partial charge is 0.306 e. The van der Waals surface area contributed by atoms with Crippen molar-refractivity contribution < 1.29 is 42.1 Å². The summed E-state index contributed by atoms with van der Waals surface area (Å²) in [7, 11) is 1.17. The first-order valence-electron chi connectivity index (χ1n) is 20.4. The molecule has 0 bridgehead atoms. The summed E-state index contributed by atoms with van der Waals surface area (Å²) in [4.78, 5) is 37.2. The molecule has 50 heavy (non-hydrogen) atoms. The second-order valence-electron chi connectivity index (χ2n) is 15.0. The largest absolute Gasteiger partial charge is 0.756 e. The van der Waals surface area contributed by atoms with Crippen LogP contribution in [0.25, 0.3) is 0 Å². The highest BCUT2D eigenvalue weighted by atomic mass is 31.2. The number of esters is 2. The van der Waals surface area contributed by atoms with Gasteiger partial charge in [0.1, 0.15) is 19.8 Å². The highest BCUT2D eigenvalue weighted by molar-refractivity contribution is 7.45. The SMILES string of the molecule is CCCCCCCC/C=C/CCCCCCCCCCCC(=O)O[C@H](COC(=O)CCCCCCCCC)COP(=O)([O-])OCC[N+](C)(C)C. The fourth-order valence-corrected chi connectivity index (χ4v) is 6.26. The summed E-state index contributed by atoms with van der Waals surface area (Å²) in [5.41, 5.74) is 0. The van der Waals surface area contributed by atoms with Gasteiger partial charge in [-0.25, -0.2) is 0 Å². The van der Waals surface area contributed by atoms with Gasteiger partial charge in [0.2, 0.25) is 0 Å². The Morgan fingerprint density at radius 2 is 1.02 bits per heavy atom. The Morgan fingerprint density at radius 1 is 0.600 bits per heavy atom. The molecule has 0 heterocycles. The first-order valence-corrected chi connectivity index (χ1v) is 21.9. The van der Waals surface area contributed by atoms with E-state index in [9.17, 15) is 19.0 Å². The molecule has 0 aromatic carbocycles. The van der Waals surface area contributed by atoms with Crippen LogP contribution in [0.4, 0.5) is 0 Å². The zero-order chi connectivity index (χ0) is 37.2. The van der Waals surface area contributed by atoms with Crippen molar-refractivity contribution in [3.8, 4) is 0 Å². The molecule has 0 spiro atoms. The summed E-state index contributed by atoms with van der Waals surface area (Å²) in [5.74, 6) is -0.839. The number of carbonyl (C=O) groups excluding carboxylic acids is 2. The Labute approximate surface area is 307 Å². The fourth-order valence-electron chi connectivity index (χ4n) is 5.53. The molecule has 0 aromatic heterocycles. The van der Waals surface area contributed by atoms with E-state index in [0.717, 1.165) is 38.5 Å². The van der Waals surface area contributed by atoms with E-state index in [-0.39, 0.29) is 32.0 Å². The minimum Gasteiger partial charge on any atom is -0.756 e. The van der Waals surface area contributed by atoms with Crippen molar-refractivity contribution >= 4 is 19.8 Å². The third-order valence-corrected chi connectivity index (χ3v) is 9.75. The van der Waals surface area contributed by atoms with Crippen LogP contribution in [-0.2, 0) is 32.7 Å². The average Bonchev–Trinajstić information content (AvgIpc) is 3.06. The van der Waals surface area contributed by atoms with Gasteiger partial charge in [0, 0.05) is 12.8 Å². The predicted octanol–water partition coefficient (Wildman–Crippen LogP) is 10.4. The van der Waals surface area contributed by atoms with Gasteiger partial charge in [0.15, 0.2) is 6.10 Å². The van der Waals surface area contributed by atoms with Crippen LogP contribution in [0.15, 0.2) is 12.2 Å². The summed E-state index contributed by atoms with van der Waals surface area (Å²) in [6.45, 7) is 4.17. The van der Waals surface area contributed by atoms with Crippen molar-refractivity contribution in [1.82, 2.24) is 0 Å². The lowest BCUT2D eigenvalue weighted by atomic mass is 10.1. The molecular weight excluding hydrogens is 653 g/mol. The van der Waals surface area contributed by atoms with Crippen LogP contribution in [0, 0.1) is 0 Å². The van der Waals surface area contributed by atoms with Crippen molar-refractivity contribution in [3.63, 3.8) is 0 Å². The van der Waals surface area contributed by atoms with Gasteiger partial charge in [-0.3, -0.25) is 14.2 Å². The van der Waals surface area contributed by atoms with E-state index < -0.39 is 26.5 Å². The van der Waals surface area contributed by atoms with Crippen molar-refractivity contribution in [1.29, 1.82) is 0 Å². The molecular formula is C40H78NO8P. The predicted molar refractivity (Wildman–Crippen MR) is 204 cm³/mol. The molecule has 0 saturated carbocycles. The number of nitrogens with zero attached hydrogens (tertiary/aromatic N) is 1. The lowest BCUT2D eigenvalue weighted by molar-refractivity contribution is -0.870. The van der Waals surface area contributed by atoms with Crippen LogP contribution in [0.2, 0.25) is 0 Å². The van der Waals surface area contributed by atoms with Crippen LogP contribution in [0.1, 0.15) is 181 Å². The molecule has 0 aliphatic rings. The summed E-state index contributed by atoms with van der Waals surface area (Å²) in [5, 5.41) is 0. The number of unbranched alkanes of at least 4 members (excludes halogenated alkanes) is 21. The Hall–Kier alpha value is -1.25. The van der Waals surface area contributed by atoms with E-state index in [1.165, 1.54) is 109 Å². The van der Waals surface area contributed by atoms with Crippen molar-refractivity contribution in [3.05, 3.63) is 12.2 Å². The maximum Gasteiger partial charge on any atom is 0.306 e. The van der Waals surface area contributed by atoms with Gasteiger partial charge in [-0.15, -0.1) is 0 Å². The van der Waals surface area contributed by atoms with Gasteiger partial charge in [-0.05, 0) is 38.5 Å². The van der Waals surface area contributed by atoms with Crippen molar-refractivity contribution in [2.75, 3.05) is 47.5 Å². The Balaban J connectivity index is 4.26. The van der Waals surface area contributed by atoms with Crippen LogP contribution < -0.4 is 4.89 Å². The highest BCUT2D eigenvalue weighted by Gasteiger charge is 2.21. The van der Waals surface area contributed by atoms with E-state index in [0.29, 0.717) is 17.4 Å².